The van der Waals surface area contributed by atoms with E-state index in [1.54, 1.807) is 18.2 Å². The van der Waals surface area contributed by atoms with Crippen LogP contribution in [-0.4, -0.2) is 21.0 Å². The molecule has 1 aromatic rings. The predicted molar refractivity (Wildman–Crippen MR) is 91.6 cm³/mol. The summed E-state index contributed by atoms with van der Waals surface area (Å²) in [6.07, 6.45) is 5.64. The number of rotatable bonds is 5. The van der Waals surface area contributed by atoms with Gasteiger partial charge in [0.2, 0.25) is 10.0 Å². The molecule has 1 aromatic carbocycles. The van der Waals surface area contributed by atoms with Crippen molar-refractivity contribution in [3.8, 4) is 0 Å². The Labute approximate surface area is 143 Å². The molecule has 1 aliphatic rings. The lowest BCUT2D eigenvalue weighted by Gasteiger charge is -2.30. The molecule has 0 saturated heterocycles. The number of sulfonamides is 1. The van der Waals surface area contributed by atoms with E-state index >= 15 is 0 Å². The summed E-state index contributed by atoms with van der Waals surface area (Å²) >= 11 is 6.61. The average Bonchev–Trinajstić information content (AvgIpc) is 2.48. The lowest BCUT2D eigenvalue weighted by molar-refractivity contribution is 0.294. The van der Waals surface area contributed by atoms with Crippen molar-refractivity contribution >= 4 is 41.9 Å². The molecule has 1 saturated carbocycles. The fourth-order valence-corrected chi connectivity index (χ4v) is 5.64. The SMILES string of the molecule is NCC(NS(=O)(=O)c1cc(Br)ccc1Br)C1CCCCC1. The highest BCUT2D eigenvalue weighted by molar-refractivity contribution is 9.11. The molecule has 1 aliphatic carbocycles. The monoisotopic (exact) mass is 438 g/mol. The van der Waals surface area contributed by atoms with E-state index in [-0.39, 0.29) is 10.9 Å². The minimum absolute atomic E-state index is 0.193. The van der Waals surface area contributed by atoms with Crippen molar-refractivity contribution in [2.24, 2.45) is 11.7 Å². The largest absolute Gasteiger partial charge is 0.329 e. The maximum absolute atomic E-state index is 12.6. The van der Waals surface area contributed by atoms with Crippen molar-refractivity contribution in [3.63, 3.8) is 0 Å². The lowest BCUT2D eigenvalue weighted by Crippen LogP contribution is -2.45. The van der Waals surface area contributed by atoms with Crippen LogP contribution in [0.5, 0.6) is 0 Å². The summed E-state index contributed by atoms with van der Waals surface area (Å²) in [7, 11) is -3.58. The molecular formula is C14H20Br2N2O2S. The molecule has 3 N–H and O–H groups in total. The first-order valence-electron chi connectivity index (χ1n) is 7.11. The molecule has 2 rings (SSSR count). The van der Waals surface area contributed by atoms with Crippen LogP contribution < -0.4 is 10.5 Å². The van der Waals surface area contributed by atoms with E-state index in [4.69, 9.17) is 5.73 Å². The first-order chi connectivity index (χ1) is 9.94. The van der Waals surface area contributed by atoms with Crippen molar-refractivity contribution in [3.05, 3.63) is 27.1 Å². The van der Waals surface area contributed by atoms with E-state index in [1.807, 2.05) is 0 Å². The van der Waals surface area contributed by atoms with E-state index in [0.717, 1.165) is 30.2 Å². The molecule has 0 heterocycles. The molecule has 0 spiro atoms. The zero-order valence-electron chi connectivity index (χ0n) is 11.7. The van der Waals surface area contributed by atoms with E-state index in [0.29, 0.717) is 16.9 Å². The summed E-state index contributed by atoms with van der Waals surface area (Å²) in [5.41, 5.74) is 5.81. The average molecular weight is 440 g/mol. The molecule has 0 radical (unpaired) electrons. The third-order valence-electron chi connectivity index (χ3n) is 3.96. The molecule has 0 amide bonds. The van der Waals surface area contributed by atoms with Gasteiger partial charge in [-0.25, -0.2) is 13.1 Å². The van der Waals surface area contributed by atoms with Gasteiger partial charge >= 0.3 is 0 Å². The minimum Gasteiger partial charge on any atom is -0.329 e. The summed E-state index contributed by atoms with van der Waals surface area (Å²) < 4.78 is 29.3. The fraction of sp³-hybridized carbons (Fsp3) is 0.571. The molecule has 1 fully saturated rings. The number of hydrogen-bond donors (Lipinski definition) is 2. The van der Waals surface area contributed by atoms with Crippen LogP contribution in [0.3, 0.4) is 0 Å². The van der Waals surface area contributed by atoms with E-state index in [2.05, 4.69) is 36.6 Å². The molecular weight excluding hydrogens is 420 g/mol. The smallest absolute Gasteiger partial charge is 0.242 e. The Kier molecular flexibility index (Phi) is 6.25. The van der Waals surface area contributed by atoms with Crippen LogP contribution in [0.25, 0.3) is 0 Å². The van der Waals surface area contributed by atoms with Crippen LogP contribution in [0.4, 0.5) is 0 Å². The molecule has 1 atom stereocenters. The van der Waals surface area contributed by atoms with Gasteiger partial charge in [-0.2, -0.15) is 0 Å². The fourth-order valence-electron chi connectivity index (χ4n) is 2.82. The summed E-state index contributed by atoms with van der Waals surface area (Å²) in [6, 6.07) is 4.92. The van der Waals surface area contributed by atoms with Gasteiger partial charge in [0.15, 0.2) is 0 Å². The third kappa shape index (κ3) is 4.51. The van der Waals surface area contributed by atoms with Gasteiger partial charge in [-0.15, -0.1) is 0 Å². The van der Waals surface area contributed by atoms with Gasteiger partial charge in [0.25, 0.3) is 0 Å². The summed E-state index contributed by atoms with van der Waals surface area (Å²) in [5, 5.41) is 0. The summed E-state index contributed by atoms with van der Waals surface area (Å²) in [6.45, 7) is 0.329. The minimum atomic E-state index is -3.58. The van der Waals surface area contributed by atoms with Gasteiger partial charge in [-0.05, 0) is 52.9 Å². The van der Waals surface area contributed by atoms with Gasteiger partial charge in [0, 0.05) is 21.5 Å². The van der Waals surface area contributed by atoms with Crippen LogP contribution >= 0.6 is 31.9 Å². The zero-order valence-corrected chi connectivity index (χ0v) is 15.7. The second kappa shape index (κ2) is 7.55. The van der Waals surface area contributed by atoms with Gasteiger partial charge in [0.1, 0.15) is 0 Å². The Morgan fingerprint density at radius 1 is 1.24 bits per heavy atom. The maximum Gasteiger partial charge on any atom is 0.242 e. The molecule has 0 bridgehead atoms. The van der Waals surface area contributed by atoms with E-state index in [1.165, 1.54) is 6.42 Å². The molecule has 21 heavy (non-hydrogen) atoms. The van der Waals surface area contributed by atoms with Gasteiger partial charge in [-0.3, -0.25) is 0 Å². The molecule has 7 heteroatoms. The Morgan fingerprint density at radius 3 is 2.52 bits per heavy atom. The number of nitrogens with two attached hydrogens (primary N) is 1. The number of nitrogens with one attached hydrogen (secondary N) is 1. The van der Waals surface area contributed by atoms with Crippen molar-refractivity contribution in [2.45, 2.75) is 43.0 Å². The van der Waals surface area contributed by atoms with Crippen LogP contribution in [0.15, 0.2) is 32.0 Å². The topological polar surface area (TPSA) is 72.2 Å². The van der Waals surface area contributed by atoms with Crippen LogP contribution in [0, 0.1) is 5.92 Å². The Balaban J connectivity index is 2.20. The van der Waals surface area contributed by atoms with Crippen LogP contribution in [0.1, 0.15) is 32.1 Å². The highest BCUT2D eigenvalue weighted by atomic mass is 79.9. The Hall–Kier alpha value is 0.0500. The molecule has 1 unspecified atom stereocenters. The normalized spacial score (nSPS) is 18.6. The maximum atomic E-state index is 12.6. The van der Waals surface area contributed by atoms with Crippen molar-refractivity contribution in [2.75, 3.05) is 6.54 Å². The molecule has 4 nitrogen and oxygen atoms in total. The quantitative estimate of drug-likeness (QED) is 0.738. The van der Waals surface area contributed by atoms with Crippen molar-refractivity contribution in [1.29, 1.82) is 0 Å². The molecule has 0 aromatic heterocycles. The lowest BCUT2D eigenvalue weighted by atomic mass is 9.84. The van der Waals surface area contributed by atoms with Crippen LogP contribution in [0.2, 0.25) is 0 Å². The second-order valence-electron chi connectivity index (χ2n) is 5.44. The van der Waals surface area contributed by atoms with Crippen LogP contribution in [-0.2, 0) is 10.0 Å². The first kappa shape index (κ1) is 17.4. The molecule has 118 valence electrons. The van der Waals surface area contributed by atoms with E-state index in [9.17, 15) is 8.42 Å². The third-order valence-corrected chi connectivity index (χ3v) is 6.94. The standard InChI is InChI=1S/C14H20Br2N2O2S/c15-11-6-7-12(16)14(8-11)21(19,20)18-13(9-17)10-4-2-1-3-5-10/h6-8,10,13,18H,1-5,9,17H2. The summed E-state index contributed by atoms with van der Waals surface area (Å²) in [4.78, 5) is 0.242. The highest BCUT2D eigenvalue weighted by Gasteiger charge is 2.28. The number of benzene rings is 1. The highest BCUT2D eigenvalue weighted by Crippen LogP contribution is 2.29. The number of halogens is 2. The number of hydrogen-bond acceptors (Lipinski definition) is 3. The van der Waals surface area contributed by atoms with Crippen molar-refractivity contribution in [1.82, 2.24) is 4.72 Å². The predicted octanol–water partition coefficient (Wildman–Crippen LogP) is 3.40. The van der Waals surface area contributed by atoms with E-state index < -0.39 is 10.0 Å². The second-order valence-corrected chi connectivity index (χ2v) is 8.89. The molecule has 0 aliphatic heterocycles. The Morgan fingerprint density at radius 2 is 1.90 bits per heavy atom. The summed E-state index contributed by atoms with van der Waals surface area (Å²) in [5.74, 6) is 0.337. The van der Waals surface area contributed by atoms with Crippen molar-refractivity contribution < 1.29 is 8.42 Å². The zero-order chi connectivity index (χ0) is 15.5. The van der Waals surface area contributed by atoms with Gasteiger partial charge in [0.05, 0.1) is 4.90 Å². The van der Waals surface area contributed by atoms with Gasteiger partial charge < -0.3 is 5.73 Å². The Bertz CT molecular complexity index is 587. The van der Waals surface area contributed by atoms with Gasteiger partial charge in [-0.1, -0.05) is 35.2 Å². The first-order valence-corrected chi connectivity index (χ1v) is 10.2.